The van der Waals surface area contributed by atoms with Crippen LogP contribution in [0.1, 0.15) is 23.2 Å². The van der Waals surface area contributed by atoms with E-state index in [9.17, 15) is 9.18 Å². The molecule has 4 rings (SSSR count). The van der Waals surface area contributed by atoms with Crippen molar-refractivity contribution in [3.8, 4) is 17.0 Å². The highest BCUT2D eigenvalue weighted by Crippen LogP contribution is 2.32. The van der Waals surface area contributed by atoms with E-state index in [0.717, 1.165) is 36.6 Å². The number of aromatic nitrogens is 2. The summed E-state index contributed by atoms with van der Waals surface area (Å²) in [6, 6.07) is 12.9. The lowest BCUT2D eigenvalue weighted by Gasteiger charge is -2.17. The molecule has 1 aliphatic heterocycles. The smallest absolute Gasteiger partial charge is 0.255 e. The Balaban J connectivity index is 1.53. The molecule has 0 unspecified atom stereocenters. The first-order valence-corrected chi connectivity index (χ1v) is 10.1. The third-order valence-electron chi connectivity index (χ3n) is 5.30. The number of anilines is 1. The molecule has 0 saturated carbocycles. The Morgan fingerprint density at radius 1 is 1.13 bits per heavy atom. The predicted octanol–water partition coefficient (Wildman–Crippen LogP) is 3.95. The van der Waals surface area contributed by atoms with Crippen molar-refractivity contribution >= 4 is 11.6 Å². The van der Waals surface area contributed by atoms with E-state index in [1.165, 1.54) is 37.1 Å². The van der Waals surface area contributed by atoms with Crippen LogP contribution in [0.3, 0.4) is 0 Å². The quantitative estimate of drug-likeness (QED) is 0.643. The second-order valence-electron chi connectivity index (χ2n) is 7.41. The number of nitrogens with one attached hydrogen (secondary N) is 1. The van der Waals surface area contributed by atoms with Crippen LogP contribution in [0.2, 0.25) is 0 Å². The van der Waals surface area contributed by atoms with Crippen LogP contribution < -0.4 is 10.1 Å². The van der Waals surface area contributed by atoms with Gasteiger partial charge in [0.15, 0.2) is 0 Å². The van der Waals surface area contributed by atoms with E-state index in [4.69, 9.17) is 4.74 Å². The van der Waals surface area contributed by atoms with Crippen LogP contribution in [0, 0.1) is 5.82 Å². The van der Waals surface area contributed by atoms with Gasteiger partial charge in [0.25, 0.3) is 5.91 Å². The van der Waals surface area contributed by atoms with Crippen molar-refractivity contribution in [2.24, 2.45) is 7.05 Å². The normalized spacial score (nSPS) is 14.1. The van der Waals surface area contributed by atoms with Crippen LogP contribution in [-0.2, 0) is 7.05 Å². The van der Waals surface area contributed by atoms with Crippen LogP contribution in [0.25, 0.3) is 11.3 Å². The first-order chi connectivity index (χ1) is 14.6. The van der Waals surface area contributed by atoms with E-state index in [1.807, 2.05) is 31.3 Å². The van der Waals surface area contributed by atoms with E-state index in [1.54, 1.807) is 10.9 Å². The summed E-state index contributed by atoms with van der Waals surface area (Å²) < 4.78 is 21.0. The lowest BCUT2D eigenvalue weighted by atomic mass is 10.1. The number of likely N-dealkylation sites (tertiary alicyclic amines) is 1. The third-order valence-corrected chi connectivity index (χ3v) is 5.30. The fourth-order valence-corrected chi connectivity index (χ4v) is 3.67. The summed E-state index contributed by atoms with van der Waals surface area (Å²) in [5.41, 5.74) is 2.77. The molecule has 3 aromatic rings. The molecule has 7 heteroatoms. The lowest BCUT2D eigenvalue weighted by molar-refractivity contribution is 0.102. The van der Waals surface area contributed by atoms with Gasteiger partial charge in [0.1, 0.15) is 18.2 Å². The fraction of sp³-hybridized carbons (Fsp3) is 0.304. The van der Waals surface area contributed by atoms with Crippen molar-refractivity contribution < 1.29 is 13.9 Å². The van der Waals surface area contributed by atoms with Gasteiger partial charge in [-0.15, -0.1) is 0 Å². The number of hydrogen-bond acceptors (Lipinski definition) is 4. The average molecular weight is 408 g/mol. The second-order valence-corrected chi connectivity index (χ2v) is 7.41. The number of benzene rings is 2. The molecule has 0 radical (unpaired) electrons. The van der Waals surface area contributed by atoms with E-state index in [-0.39, 0.29) is 11.7 Å². The summed E-state index contributed by atoms with van der Waals surface area (Å²) in [6.45, 7) is 3.76. The SMILES string of the molecule is Cn1nccc1-c1cc(NC(=O)c2ccc(F)cc2)ccc1OCCN1CCCC1. The number of carbonyl (C=O) groups is 1. The second kappa shape index (κ2) is 9.09. The summed E-state index contributed by atoms with van der Waals surface area (Å²) in [7, 11) is 1.87. The number of nitrogens with zero attached hydrogens (tertiary/aromatic N) is 3. The number of ether oxygens (including phenoxy) is 1. The monoisotopic (exact) mass is 408 g/mol. The van der Waals surface area contributed by atoms with Gasteiger partial charge in [0.05, 0.1) is 5.69 Å². The average Bonchev–Trinajstić information content (AvgIpc) is 3.41. The van der Waals surface area contributed by atoms with Crippen molar-refractivity contribution in [3.05, 3.63) is 66.1 Å². The Labute approximate surface area is 175 Å². The summed E-state index contributed by atoms with van der Waals surface area (Å²) in [6.07, 6.45) is 4.23. The molecule has 1 amide bonds. The Hall–Kier alpha value is -3.19. The minimum Gasteiger partial charge on any atom is -0.492 e. The maximum absolute atomic E-state index is 13.1. The predicted molar refractivity (Wildman–Crippen MR) is 114 cm³/mol. The summed E-state index contributed by atoms with van der Waals surface area (Å²) in [5.74, 6) is 0.0757. The molecule has 0 aliphatic carbocycles. The van der Waals surface area contributed by atoms with E-state index >= 15 is 0 Å². The molecule has 1 fully saturated rings. The Morgan fingerprint density at radius 2 is 1.90 bits per heavy atom. The maximum Gasteiger partial charge on any atom is 0.255 e. The van der Waals surface area contributed by atoms with Gasteiger partial charge in [-0.25, -0.2) is 4.39 Å². The third kappa shape index (κ3) is 4.68. The van der Waals surface area contributed by atoms with Crippen LogP contribution >= 0.6 is 0 Å². The van der Waals surface area contributed by atoms with Crippen LogP contribution in [0.4, 0.5) is 10.1 Å². The minimum atomic E-state index is -0.375. The highest BCUT2D eigenvalue weighted by Gasteiger charge is 2.15. The largest absolute Gasteiger partial charge is 0.492 e. The zero-order valence-electron chi connectivity index (χ0n) is 17.0. The molecule has 0 atom stereocenters. The topological polar surface area (TPSA) is 59.4 Å². The molecule has 6 nitrogen and oxygen atoms in total. The molecule has 2 heterocycles. The maximum atomic E-state index is 13.1. The number of amides is 1. The molecule has 1 N–H and O–H groups in total. The van der Waals surface area contributed by atoms with Crippen LogP contribution in [0.5, 0.6) is 5.75 Å². The number of carbonyl (C=O) groups excluding carboxylic acids is 1. The molecule has 1 saturated heterocycles. The van der Waals surface area contributed by atoms with Gasteiger partial charge in [-0.05, 0) is 74.5 Å². The first-order valence-electron chi connectivity index (χ1n) is 10.1. The lowest BCUT2D eigenvalue weighted by Crippen LogP contribution is -2.25. The molecule has 0 spiro atoms. The molecular weight excluding hydrogens is 383 g/mol. The van der Waals surface area contributed by atoms with Crippen molar-refractivity contribution in [1.29, 1.82) is 0 Å². The van der Waals surface area contributed by atoms with Gasteiger partial charge in [-0.3, -0.25) is 14.4 Å². The van der Waals surface area contributed by atoms with Crippen molar-refractivity contribution in [2.45, 2.75) is 12.8 Å². The summed E-state index contributed by atoms with van der Waals surface area (Å²) in [5, 5.41) is 7.13. The Morgan fingerprint density at radius 3 is 2.60 bits per heavy atom. The number of aryl methyl sites for hydroxylation is 1. The minimum absolute atomic E-state index is 0.298. The number of rotatable bonds is 7. The van der Waals surface area contributed by atoms with Crippen LogP contribution in [0.15, 0.2) is 54.7 Å². The van der Waals surface area contributed by atoms with Crippen LogP contribution in [-0.4, -0.2) is 46.8 Å². The van der Waals surface area contributed by atoms with Gasteiger partial charge in [-0.1, -0.05) is 0 Å². The van der Waals surface area contributed by atoms with E-state index in [0.29, 0.717) is 17.9 Å². The molecule has 1 aromatic heterocycles. The fourth-order valence-electron chi connectivity index (χ4n) is 3.67. The molecule has 2 aromatic carbocycles. The highest BCUT2D eigenvalue weighted by atomic mass is 19.1. The zero-order valence-corrected chi connectivity index (χ0v) is 17.0. The molecule has 30 heavy (non-hydrogen) atoms. The zero-order chi connectivity index (χ0) is 20.9. The molecule has 0 bridgehead atoms. The van der Waals surface area contributed by atoms with Crippen molar-refractivity contribution in [3.63, 3.8) is 0 Å². The highest BCUT2D eigenvalue weighted by molar-refractivity contribution is 6.04. The van der Waals surface area contributed by atoms with E-state index in [2.05, 4.69) is 15.3 Å². The standard InChI is InChI=1S/C23H25FN4O2/c1-27-21(10-11-25-27)20-16-19(26-23(29)17-4-6-18(24)7-5-17)8-9-22(20)30-15-14-28-12-2-3-13-28/h4-11,16H,2-3,12-15H2,1H3,(H,26,29). The Kier molecular flexibility index (Phi) is 6.09. The van der Waals surface area contributed by atoms with Crippen molar-refractivity contribution in [1.82, 2.24) is 14.7 Å². The van der Waals surface area contributed by atoms with E-state index < -0.39 is 0 Å². The molecule has 156 valence electrons. The molecular formula is C23H25FN4O2. The van der Waals surface area contributed by atoms with Gasteiger partial charge in [0.2, 0.25) is 0 Å². The van der Waals surface area contributed by atoms with Crippen molar-refractivity contribution in [2.75, 3.05) is 31.6 Å². The van der Waals surface area contributed by atoms with Gasteiger partial charge in [0, 0.05) is 36.6 Å². The first kappa shape index (κ1) is 20.1. The number of halogens is 1. The van der Waals surface area contributed by atoms with Gasteiger partial charge < -0.3 is 10.1 Å². The number of hydrogen-bond donors (Lipinski definition) is 1. The van der Waals surface area contributed by atoms with Gasteiger partial charge in [-0.2, -0.15) is 5.10 Å². The molecule has 1 aliphatic rings. The van der Waals surface area contributed by atoms with Gasteiger partial charge >= 0.3 is 0 Å². The Bertz CT molecular complexity index is 1010. The summed E-state index contributed by atoms with van der Waals surface area (Å²) >= 11 is 0. The summed E-state index contributed by atoms with van der Waals surface area (Å²) in [4.78, 5) is 14.9.